The Morgan fingerprint density at radius 3 is 2.62 bits per heavy atom. The van der Waals surface area contributed by atoms with Crippen LogP contribution in [0.25, 0.3) is 11.4 Å². The minimum atomic E-state index is 0.614. The summed E-state index contributed by atoms with van der Waals surface area (Å²) < 4.78 is 2.82. The number of anilines is 1. The van der Waals surface area contributed by atoms with Gasteiger partial charge in [0.05, 0.1) is 6.54 Å². The van der Waals surface area contributed by atoms with Crippen LogP contribution in [0.3, 0.4) is 0 Å². The predicted octanol–water partition coefficient (Wildman–Crippen LogP) is 3.04. The number of aromatic nitrogens is 4. The third-order valence-corrected chi connectivity index (χ3v) is 3.84. The fourth-order valence-corrected chi connectivity index (χ4v) is 2.32. The number of nitrogens with zero attached hydrogens (tertiary/aromatic N) is 4. The molecule has 3 rings (SSSR count). The molecule has 5 nitrogen and oxygen atoms in total. The van der Waals surface area contributed by atoms with Crippen molar-refractivity contribution < 1.29 is 0 Å². The van der Waals surface area contributed by atoms with Gasteiger partial charge >= 0.3 is 0 Å². The standard InChI is InChI=1S/C15H14BrN5/c1-10-2-5-12(8-14(10)17)15-18-19-20-21(15)9-11-3-6-13(16)7-4-11/h2-8H,9,17H2,1H3. The fraction of sp³-hybridized carbons (Fsp3) is 0.133. The van der Waals surface area contributed by atoms with Gasteiger partial charge in [-0.1, -0.05) is 40.2 Å². The molecule has 0 aliphatic carbocycles. The number of nitrogens with two attached hydrogens (primary N) is 1. The van der Waals surface area contributed by atoms with Crippen LogP contribution in [-0.2, 0) is 6.54 Å². The molecule has 0 bridgehead atoms. The highest BCUT2D eigenvalue weighted by atomic mass is 79.9. The molecule has 0 aliphatic rings. The zero-order valence-electron chi connectivity index (χ0n) is 11.5. The number of hydrogen-bond acceptors (Lipinski definition) is 4. The number of rotatable bonds is 3. The molecule has 0 radical (unpaired) electrons. The average Bonchev–Trinajstić information content (AvgIpc) is 2.92. The van der Waals surface area contributed by atoms with Crippen LogP contribution in [-0.4, -0.2) is 20.2 Å². The Hall–Kier alpha value is -2.21. The summed E-state index contributed by atoms with van der Waals surface area (Å²) >= 11 is 3.43. The quantitative estimate of drug-likeness (QED) is 0.742. The predicted molar refractivity (Wildman–Crippen MR) is 85.6 cm³/mol. The van der Waals surface area contributed by atoms with E-state index < -0.39 is 0 Å². The SMILES string of the molecule is Cc1ccc(-c2nnnn2Cc2ccc(Br)cc2)cc1N. The summed E-state index contributed by atoms with van der Waals surface area (Å²) in [6.07, 6.45) is 0. The zero-order chi connectivity index (χ0) is 14.8. The Labute approximate surface area is 130 Å². The lowest BCUT2D eigenvalue weighted by Gasteiger charge is -2.07. The number of nitrogen functional groups attached to an aromatic ring is 1. The van der Waals surface area contributed by atoms with Gasteiger partial charge < -0.3 is 5.73 Å². The maximum absolute atomic E-state index is 5.96. The van der Waals surface area contributed by atoms with Gasteiger partial charge in [-0.15, -0.1) is 5.10 Å². The molecule has 2 N–H and O–H groups in total. The summed E-state index contributed by atoms with van der Waals surface area (Å²) in [6, 6.07) is 13.9. The summed E-state index contributed by atoms with van der Waals surface area (Å²) in [5.41, 5.74) is 9.80. The molecule has 6 heteroatoms. The highest BCUT2D eigenvalue weighted by Gasteiger charge is 2.10. The van der Waals surface area contributed by atoms with E-state index in [2.05, 4.69) is 31.5 Å². The molecule has 0 fully saturated rings. The zero-order valence-corrected chi connectivity index (χ0v) is 13.1. The van der Waals surface area contributed by atoms with Gasteiger partial charge in [0.2, 0.25) is 0 Å². The van der Waals surface area contributed by atoms with E-state index >= 15 is 0 Å². The van der Waals surface area contributed by atoms with Gasteiger partial charge in [0.15, 0.2) is 5.82 Å². The molecule has 1 heterocycles. The summed E-state index contributed by atoms with van der Waals surface area (Å²) in [4.78, 5) is 0. The third-order valence-electron chi connectivity index (χ3n) is 3.31. The summed E-state index contributed by atoms with van der Waals surface area (Å²) in [7, 11) is 0. The lowest BCUT2D eigenvalue weighted by atomic mass is 10.1. The van der Waals surface area contributed by atoms with Crippen molar-refractivity contribution in [2.24, 2.45) is 0 Å². The van der Waals surface area contributed by atoms with Gasteiger partial charge in [-0.3, -0.25) is 0 Å². The first-order chi connectivity index (χ1) is 10.1. The smallest absolute Gasteiger partial charge is 0.182 e. The monoisotopic (exact) mass is 343 g/mol. The molecule has 1 aromatic heterocycles. The van der Waals surface area contributed by atoms with E-state index in [1.165, 1.54) is 0 Å². The highest BCUT2D eigenvalue weighted by Crippen LogP contribution is 2.22. The van der Waals surface area contributed by atoms with Crippen molar-refractivity contribution in [1.82, 2.24) is 20.2 Å². The number of tetrazole rings is 1. The van der Waals surface area contributed by atoms with Crippen LogP contribution < -0.4 is 5.73 Å². The van der Waals surface area contributed by atoms with Crippen LogP contribution in [0.2, 0.25) is 0 Å². The minimum Gasteiger partial charge on any atom is -0.398 e. The van der Waals surface area contributed by atoms with Crippen LogP contribution in [0, 0.1) is 6.92 Å². The molecule has 0 aliphatic heterocycles. The van der Waals surface area contributed by atoms with Crippen molar-refractivity contribution in [3.63, 3.8) is 0 Å². The molecule has 0 amide bonds. The summed E-state index contributed by atoms with van der Waals surface area (Å²) in [5.74, 6) is 0.713. The average molecular weight is 344 g/mol. The first-order valence-corrected chi connectivity index (χ1v) is 7.30. The van der Waals surface area contributed by atoms with E-state index in [1.807, 2.05) is 49.4 Å². The van der Waals surface area contributed by atoms with Gasteiger partial charge in [0.25, 0.3) is 0 Å². The number of hydrogen-bond donors (Lipinski definition) is 1. The van der Waals surface area contributed by atoms with Crippen molar-refractivity contribution in [2.45, 2.75) is 13.5 Å². The van der Waals surface area contributed by atoms with Gasteiger partial charge in [-0.2, -0.15) is 0 Å². The Kier molecular flexibility index (Phi) is 3.70. The Balaban J connectivity index is 1.93. The normalized spacial score (nSPS) is 10.8. The molecule has 21 heavy (non-hydrogen) atoms. The van der Waals surface area contributed by atoms with Crippen molar-refractivity contribution in [3.05, 3.63) is 58.1 Å². The Morgan fingerprint density at radius 2 is 1.90 bits per heavy atom. The van der Waals surface area contributed by atoms with Gasteiger partial charge in [0.1, 0.15) is 0 Å². The molecule has 2 aromatic carbocycles. The second-order valence-corrected chi connectivity index (χ2v) is 5.77. The van der Waals surface area contributed by atoms with Crippen molar-refractivity contribution >= 4 is 21.6 Å². The van der Waals surface area contributed by atoms with Crippen molar-refractivity contribution in [2.75, 3.05) is 5.73 Å². The van der Waals surface area contributed by atoms with Crippen LogP contribution in [0.4, 0.5) is 5.69 Å². The van der Waals surface area contributed by atoms with Crippen molar-refractivity contribution in [3.8, 4) is 11.4 Å². The third kappa shape index (κ3) is 2.95. The molecule has 0 atom stereocenters. The largest absolute Gasteiger partial charge is 0.398 e. The van der Waals surface area contributed by atoms with Gasteiger partial charge in [-0.05, 0) is 46.7 Å². The number of benzene rings is 2. The van der Waals surface area contributed by atoms with Crippen molar-refractivity contribution in [1.29, 1.82) is 0 Å². The first-order valence-electron chi connectivity index (χ1n) is 6.50. The van der Waals surface area contributed by atoms with E-state index in [-0.39, 0.29) is 0 Å². The van der Waals surface area contributed by atoms with Crippen LogP contribution >= 0.6 is 15.9 Å². The molecule has 106 valence electrons. The fourth-order valence-electron chi connectivity index (χ4n) is 2.06. The van der Waals surface area contributed by atoms with E-state index in [0.717, 1.165) is 26.9 Å². The molecule has 0 saturated carbocycles. The molecular weight excluding hydrogens is 330 g/mol. The molecule has 0 spiro atoms. The summed E-state index contributed by atoms with van der Waals surface area (Å²) in [5, 5.41) is 12.0. The molecule has 0 saturated heterocycles. The van der Waals surface area contributed by atoms with E-state index in [0.29, 0.717) is 12.4 Å². The maximum atomic E-state index is 5.96. The topological polar surface area (TPSA) is 69.6 Å². The van der Waals surface area contributed by atoms with Gasteiger partial charge in [0, 0.05) is 15.7 Å². The van der Waals surface area contributed by atoms with Gasteiger partial charge in [-0.25, -0.2) is 4.68 Å². The van der Waals surface area contributed by atoms with Crippen LogP contribution in [0.5, 0.6) is 0 Å². The summed E-state index contributed by atoms with van der Waals surface area (Å²) in [6.45, 7) is 2.59. The first kappa shape index (κ1) is 13.8. The highest BCUT2D eigenvalue weighted by molar-refractivity contribution is 9.10. The molecule has 0 unspecified atom stereocenters. The molecule has 3 aromatic rings. The van der Waals surface area contributed by atoms with E-state index in [4.69, 9.17) is 5.73 Å². The van der Waals surface area contributed by atoms with Crippen LogP contribution in [0.15, 0.2) is 46.9 Å². The second-order valence-electron chi connectivity index (χ2n) is 4.86. The lowest BCUT2D eigenvalue weighted by molar-refractivity contribution is 0.653. The maximum Gasteiger partial charge on any atom is 0.182 e. The van der Waals surface area contributed by atoms with E-state index in [9.17, 15) is 0 Å². The Morgan fingerprint density at radius 1 is 1.14 bits per heavy atom. The Bertz CT molecular complexity index is 764. The van der Waals surface area contributed by atoms with E-state index in [1.54, 1.807) is 4.68 Å². The van der Waals surface area contributed by atoms with Crippen LogP contribution in [0.1, 0.15) is 11.1 Å². The minimum absolute atomic E-state index is 0.614. The number of aryl methyl sites for hydroxylation is 1. The lowest BCUT2D eigenvalue weighted by Crippen LogP contribution is -2.04. The molecular formula is C15H14BrN5. The second kappa shape index (κ2) is 5.65. The number of halogens is 1.